The van der Waals surface area contributed by atoms with Crippen LogP contribution in [-0.4, -0.2) is 24.3 Å². The van der Waals surface area contributed by atoms with Gasteiger partial charge in [0.05, 0.1) is 12.6 Å². The first-order chi connectivity index (χ1) is 5.18. The molecule has 0 aliphatic rings. The average Bonchev–Trinajstić information content (AvgIpc) is 1.97. The molecule has 0 aliphatic carbocycles. The van der Waals surface area contributed by atoms with E-state index in [2.05, 4.69) is 17.2 Å². The predicted molar refractivity (Wildman–Crippen MR) is 47.2 cm³/mol. The molecule has 0 aromatic heterocycles. The molecule has 1 atom stereocenters. The van der Waals surface area contributed by atoms with Crippen molar-refractivity contribution in [2.45, 2.75) is 26.9 Å². The van der Waals surface area contributed by atoms with Crippen LogP contribution in [0.4, 0.5) is 0 Å². The van der Waals surface area contributed by atoms with Gasteiger partial charge in [-0.15, -0.1) is 5.92 Å². The molecule has 2 nitrogen and oxygen atoms in total. The van der Waals surface area contributed by atoms with Gasteiger partial charge in [-0.1, -0.05) is 19.8 Å². The first-order valence-electron chi connectivity index (χ1n) is 3.97. The molecular formula is C9H17NO. The van der Waals surface area contributed by atoms with Crippen molar-refractivity contribution in [2.24, 2.45) is 5.92 Å². The quantitative estimate of drug-likeness (QED) is 0.460. The summed E-state index contributed by atoms with van der Waals surface area (Å²) in [6.45, 7) is 7.10. The van der Waals surface area contributed by atoms with E-state index in [9.17, 15) is 5.11 Å². The fraction of sp³-hybridized carbons (Fsp3) is 0.778. The molecule has 0 aliphatic heterocycles. The standard InChI is InChI=1S/C9H17NO/c1-4-5-6-10-7-9(11)8(2)3/h8-11H,6-7H2,1-3H3. The lowest BCUT2D eigenvalue weighted by Crippen LogP contribution is -2.30. The molecule has 0 bridgehead atoms. The van der Waals surface area contributed by atoms with Gasteiger partial charge in [0.1, 0.15) is 0 Å². The second-order valence-electron chi connectivity index (χ2n) is 2.87. The summed E-state index contributed by atoms with van der Waals surface area (Å²) in [5.74, 6) is 5.96. The molecule has 0 heterocycles. The van der Waals surface area contributed by atoms with Crippen molar-refractivity contribution in [3.63, 3.8) is 0 Å². The monoisotopic (exact) mass is 155 g/mol. The largest absolute Gasteiger partial charge is 0.392 e. The molecule has 0 amide bonds. The number of hydrogen-bond acceptors (Lipinski definition) is 2. The smallest absolute Gasteiger partial charge is 0.0687 e. The van der Waals surface area contributed by atoms with Crippen LogP contribution >= 0.6 is 0 Å². The highest BCUT2D eigenvalue weighted by Crippen LogP contribution is 1.97. The third-order valence-corrected chi connectivity index (χ3v) is 1.51. The Morgan fingerprint density at radius 3 is 2.55 bits per heavy atom. The summed E-state index contributed by atoms with van der Waals surface area (Å²) >= 11 is 0. The minimum Gasteiger partial charge on any atom is -0.392 e. The van der Waals surface area contributed by atoms with E-state index < -0.39 is 0 Å². The van der Waals surface area contributed by atoms with E-state index in [1.165, 1.54) is 0 Å². The van der Waals surface area contributed by atoms with E-state index in [-0.39, 0.29) is 6.10 Å². The summed E-state index contributed by atoms with van der Waals surface area (Å²) in [6.07, 6.45) is -0.256. The van der Waals surface area contributed by atoms with Crippen molar-refractivity contribution in [1.82, 2.24) is 5.32 Å². The van der Waals surface area contributed by atoms with Crippen LogP contribution in [-0.2, 0) is 0 Å². The summed E-state index contributed by atoms with van der Waals surface area (Å²) in [5.41, 5.74) is 0. The van der Waals surface area contributed by atoms with Crippen LogP contribution in [0.2, 0.25) is 0 Å². The van der Waals surface area contributed by atoms with Gasteiger partial charge in [0, 0.05) is 6.54 Å². The maximum Gasteiger partial charge on any atom is 0.0687 e. The van der Waals surface area contributed by atoms with E-state index >= 15 is 0 Å². The van der Waals surface area contributed by atoms with Gasteiger partial charge in [0.2, 0.25) is 0 Å². The zero-order valence-corrected chi connectivity index (χ0v) is 7.52. The maximum absolute atomic E-state index is 9.32. The predicted octanol–water partition coefficient (Wildman–Crippen LogP) is 0.616. The number of aliphatic hydroxyl groups excluding tert-OH is 1. The van der Waals surface area contributed by atoms with Gasteiger partial charge in [-0.3, -0.25) is 0 Å². The van der Waals surface area contributed by atoms with Gasteiger partial charge in [-0.25, -0.2) is 0 Å². The lowest BCUT2D eigenvalue weighted by Gasteiger charge is -2.13. The molecule has 0 saturated heterocycles. The molecule has 0 fully saturated rings. The Bertz CT molecular complexity index is 143. The second-order valence-corrected chi connectivity index (χ2v) is 2.87. The van der Waals surface area contributed by atoms with Crippen molar-refractivity contribution >= 4 is 0 Å². The first kappa shape index (κ1) is 10.5. The van der Waals surface area contributed by atoms with Gasteiger partial charge in [-0.2, -0.15) is 0 Å². The summed E-state index contributed by atoms with van der Waals surface area (Å²) in [7, 11) is 0. The van der Waals surface area contributed by atoms with Crippen molar-refractivity contribution in [2.75, 3.05) is 13.1 Å². The first-order valence-corrected chi connectivity index (χ1v) is 3.97. The van der Waals surface area contributed by atoms with E-state index in [0.717, 1.165) is 0 Å². The lowest BCUT2D eigenvalue weighted by atomic mass is 10.1. The second kappa shape index (κ2) is 6.21. The number of aliphatic hydroxyl groups is 1. The number of nitrogens with one attached hydrogen (secondary N) is 1. The fourth-order valence-electron chi connectivity index (χ4n) is 0.607. The topological polar surface area (TPSA) is 32.3 Å². The van der Waals surface area contributed by atoms with Crippen LogP contribution in [0.5, 0.6) is 0 Å². The van der Waals surface area contributed by atoms with E-state index in [0.29, 0.717) is 19.0 Å². The number of hydrogen-bond donors (Lipinski definition) is 2. The van der Waals surface area contributed by atoms with Gasteiger partial charge in [0.15, 0.2) is 0 Å². The van der Waals surface area contributed by atoms with Crippen molar-refractivity contribution in [3.05, 3.63) is 0 Å². The van der Waals surface area contributed by atoms with Gasteiger partial charge < -0.3 is 10.4 Å². The summed E-state index contributed by atoms with van der Waals surface area (Å²) < 4.78 is 0. The maximum atomic E-state index is 9.32. The summed E-state index contributed by atoms with van der Waals surface area (Å²) in [5, 5.41) is 12.4. The Balaban J connectivity index is 3.29. The van der Waals surface area contributed by atoms with E-state index in [1.54, 1.807) is 6.92 Å². The molecule has 64 valence electrons. The summed E-state index contributed by atoms with van der Waals surface area (Å²) in [4.78, 5) is 0. The Morgan fingerprint density at radius 1 is 1.45 bits per heavy atom. The van der Waals surface area contributed by atoms with Crippen LogP contribution in [0.3, 0.4) is 0 Å². The highest BCUT2D eigenvalue weighted by Gasteiger charge is 2.06. The Labute approximate surface area is 69.0 Å². The third kappa shape index (κ3) is 5.90. The van der Waals surface area contributed by atoms with E-state index in [4.69, 9.17) is 0 Å². The molecule has 0 spiro atoms. The Kier molecular flexibility index (Phi) is 5.91. The normalized spacial score (nSPS) is 12.5. The summed E-state index contributed by atoms with van der Waals surface area (Å²) in [6, 6.07) is 0. The molecule has 2 N–H and O–H groups in total. The van der Waals surface area contributed by atoms with Crippen molar-refractivity contribution in [1.29, 1.82) is 0 Å². The molecule has 0 rings (SSSR count). The molecule has 0 radical (unpaired) electrons. The zero-order valence-electron chi connectivity index (χ0n) is 7.52. The minimum absolute atomic E-state index is 0.256. The van der Waals surface area contributed by atoms with Gasteiger partial charge in [-0.05, 0) is 12.8 Å². The molecule has 1 unspecified atom stereocenters. The SMILES string of the molecule is CC#CCNCC(O)C(C)C. The molecular weight excluding hydrogens is 138 g/mol. The van der Waals surface area contributed by atoms with Crippen LogP contribution in [0.1, 0.15) is 20.8 Å². The molecule has 11 heavy (non-hydrogen) atoms. The van der Waals surface area contributed by atoms with Crippen molar-refractivity contribution < 1.29 is 5.11 Å². The molecule has 0 aromatic carbocycles. The van der Waals surface area contributed by atoms with Gasteiger partial charge in [0.25, 0.3) is 0 Å². The molecule has 0 aromatic rings. The van der Waals surface area contributed by atoms with Crippen molar-refractivity contribution in [3.8, 4) is 11.8 Å². The van der Waals surface area contributed by atoms with Gasteiger partial charge >= 0.3 is 0 Å². The minimum atomic E-state index is -0.256. The highest BCUT2D eigenvalue weighted by atomic mass is 16.3. The van der Waals surface area contributed by atoms with Crippen LogP contribution in [0, 0.1) is 17.8 Å². The number of rotatable bonds is 4. The Morgan fingerprint density at radius 2 is 2.09 bits per heavy atom. The third-order valence-electron chi connectivity index (χ3n) is 1.51. The highest BCUT2D eigenvalue weighted by molar-refractivity contribution is 4.97. The average molecular weight is 155 g/mol. The van der Waals surface area contributed by atoms with Crippen LogP contribution in [0.15, 0.2) is 0 Å². The van der Waals surface area contributed by atoms with E-state index in [1.807, 2.05) is 13.8 Å². The Hall–Kier alpha value is -0.520. The fourth-order valence-corrected chi connectivity index (χ4v) is 0.607. The van der Waals surface area contributed by atoms with Crippen LogP contribution in [0.25, 0.3) is 0 Å². The molecule has 0 saturated carbocycles. The van der Waals surface area contributed by atoms with Crippen LogP contribution < -0.4 is 5.32 Å². The zero-order chi connectivity index (χ0) is 8.69. The lowest BCUT2D eigenvalue weighted by molar-refractivity contribution is 0.125. The molecule has 2 heteroatoms.